The number of aliphatic hydroxyl groups excluding tert-OH is 1. The van der Waals surface area contributed by atoms with Crippen molar-refractivity contribution in [2.45, 2.75) is 137 Å². The van der Waals surface area contributed by atoms with Gasteiger partial charge < -0.3 is 0 Å². The minimum absolute atomic E-state index is 0.00199. The van der Waals surface area contributed by atoms with E-state index in [0.717, 1.165) is 37.0 Å². The average Bonchev–Trinajstić information content (AvgIpc) is 3.10. The summed E-state index contributed by atoms with van der Waals surface area (Å²) in [6.07, 6.45) is 14.4. The molecule has 9 atom stereocenters. The van der Waals surface area contributed by atoms with E-state index in [9.17, 15) is 5.11 Å². The van der Waals surface area contributed by atoms with Crippen LogP contribution in [0, 0.1) is 46.3 Å². The van der Waals surface area contributed by atoms with E-state index in [-0.39, 0.29) is 23.2 Å². The Balaban J connectivity index is 1.61. The molecule has 0 spiro atoms. The number of fused-ring (bicyclic) bond motifs is 5. The van der Waals surface area contributed by atoms with E-state index < -0.39 is 0 Å². The van der Waals surface area contributed by atoms with Crippen LogP contribution in [0.2, 0.25) is 0 Å². The van der Waals surface area contributed by atoms with Gasteiger partial charge in [-0.15, -0.1) is 0 Å². The number of hydrogen-bond donors (Lipinski definition) is 1. The van der Waals surface area contributed by atoms with Crippen molar-refractivity contribution in [2.75, 3.05) is 0 Å². The van der Waals surface area contributed by atoms with Gasteiger partial charge in [0.05, 0.1) is 0 Å². The molecule has 4 rings (SSSR count). The van der Waals surface area contributed by atoms with Crippen molar-refractivity contribution in [2.24, 2.45) is 46.3 Å². The molecule has 3 nitrogen and oxygen atoms in total. The maximum absolute atomic E-state index is 10.5. The molecule has 0 aliphatic heterocycles. The summed E-state index contributed by atoms with van der Waals surface area (Å²) < 4.78 is 12.7. The van der Waals surface area contributed by atoms with Gasteiger partial charge in [0.25, 0.3) is 0 Å². The van der Waals surface area contributed by atoms with Gasteiger partial charge in [-0.2, -0.15) is 0 Å². The van der Waals surface area contributed by atoms with Crippen LogP contribution >= 0.6 is 0 Å². The molecule has 0 bridgehead atoms. The summed E-state index contributed by atoms with van der Waals surface area (Å²) in [4.78, 5) is 0. The van der Waals surface area contributed by atoms with E-state index in [1.165, 1.54) is 50.5 Å². The first kappa shape index (κ1) is 28.2. The minimum atomic E-state index is -0.321. The summed E-state index contributed by atoms with van der Waals surface area (Å²) in [5.41, 5.74) is 1.69. The van der Waals surface area contributed by atoms with Crippen molar-refractivity contribution in [1.82, 2.24) is 0 Å². The first-order valence-electron chi connectivity index (χ1n) is 15.2. The van der Waals surface area contributed by atoms with Gasteiger partial charge in [0.2, 0.25) is 0 Å². The molecule has 4 aliphatic rings. The molecule has 0 aromatic heterocycles. The van der Waals surface area contributed by atoms with Crippen LogP contribution in [0.15, 0.2) is 11.6 Å². The number of rotatable bonds is 8. The van der Waals surface area contributed by atoms with E-state index >= 15 is 0 Å². The van der Waals surface area contributed by atoms with E-state index in [4.69, 9.17) is 9.47 Å². The molecule has 36 heavy (non-hydrogen) atoms. The summed E-state index contributed by atoms with van der Waals surface area (Å²) in [6.45, 7) is 18.5. The monoisotopic (exact) mass is 498 g/mol. The second-order valence-corrected chi connectivity index (χ2v) is 15.0. The number of aliphatic hydroxyl groups is 1. The van der Waals surface area contributed by atoms with Crippen LogP contribution in [0.25, 0.3) is 0 Å². The number of ether oxygens (including phenoxy) is 2. The molecule has 4 aliphatic carbocycles. The van der Waals surface area contributed by atoms with Crippen LogP contribution < -0.4 is 0 Å². The molecule has 204 valence electrons. The molecule has 0 radical (unpaired) electrons. The van der Waals surface area contributed by atoms with Gasteiger partial charge in [-0.25, -0.2) is 0 Å². The SMILES string of the molecule is B=C(OC1C=C2CC(O)CCC2(C)C2CCC3(C)C(C(C)CCCC(C)C)CCC3C12)OC(C)(C)C. The first-order valence-corrected chi connectivity index (χ1v) is 15.2. The molecular formula is C32H55BO3. The van der Waals surface area contributed by atoms with Crippen molar-refractivity contribution in [1.29, 1.82) is 0 Å². The summed E-state index contributed by atoms with van der Waals surface area (Å²) in [6, 6.07) is 0. The van der Waals surface area contributed by atoms with Crippen LogP contribution in [0.5, 0.6) is 0 Å². The van der Waals surface area contributed by atoms with E-state index in [1.807, 2.05) is 0 Å². The van der Waals surface area contributed by atoms with Crippen LogP contribution in [-0.4, -0.2) is 36.2 Å². The van der Waals surface area contributed by atoms with E-state index in [1.54, 1.807) is 0 Å². The van der Waals surface area contributed by atoms with Crippen molar-refractivity contribution in [3.63, 3.8) is 0 Å². The maximum atomic E-state index is 10.5. The third-order valence-electron chi connectivity index (χ3n) is 11.0. The van der Waals surface area contributed by atoms with Gasteiger partial charge in [-0.1, -0.05) is 13.8 Å². The van der Waals surface area contributed by atoms with Gasteiger partial charge in [0, 0.05) is 0 Å². The fraction of sp³-hybridized carbons (Fsp3) is 0.906. The Hall–Kier alpha value is -0.765. The van der Waals surface area contributed by atoms with Crippen molar-refractivity contribution < 1.29 is 14.6 Å². The van der Waals surface area contributed by atoms with Gasteiger partial charge in [-0.05, 0) is 0 Å². The summed E-state index contributed by atoms with van der Waals surface area (Å²) in [7, 11) is 4.18. The molecule has 3 fully saturated rings. The second kappa shape index (κ2) is 10.4. The third kappa shape index (κ3) is 5.50. The van der Waals surface area contributed by atoms with Gasteiger partial charge >= 0.3 is 209 Å². The Kier molecular flexibility index (Phi) is 8.18. The van der Waals surface area contributed by atoms with E-state index in [2.05, 4.69) is 69.0 Å². The Morgan fingerprint density at radius 3 is 2.44 bits per heavy atom. The molecule has 0 aromatic rings. The van der Waals surface area contributed by atoms with Crippen molar-refractivity contribution in [3.8, 4) is 0 Å². The van der Waals surface area contributed by atoms with Crippen LogP contribution in [0.1, 0.15) is 120 Å². The zero-order valence-corrected chi connectivity index (χ0v) is 24.7. The van der Waals surface area contributed by atoms with Crippen LogP contribution in [0.4, 0.5) is 0 Å². The van der Waals surface area contributed by atoms with Crippen molar-refractivity contribution in [3.05, 3.63) is 11.6 Å². The summed E-state index contributed by atoms with van der Waals surface area (Å²) >= 11 is 0. The Morgan fingerprint density at radius 1 is 1.06 bits per heavy atom. The van der Waals surface area contributed by atoms with Crippen LogP contribution in [0.3, 0.4) is 0 Å². The van der Waals surface area contributed by atoms with Gasteiger partial charge in [-0.3, -0.25) is 0 Å². The second-order valence-electron chi connectivity index (χ2n) is 15.0. The van der Waals surface area contributed by atoms with Gasteiger partial charge in [0.1, 0.15) is 0 Å². The van der Waals surface area contributed by atoms with E-state index in [0.29, 0.717) is 29.0 Å². The molecule has 1 N–H and O–H groups in total. The molecule has 9 unspecified atom stereocenters. The van der Waals surface area contributed by atoms with Crippen LogP contribution in [-0.2, 0) is 9.47 Å². The quantitative estimate of drug-likeness (QED) is 0.284. The average molecular weight is 499 g/mol. The summed E-state index contributed by atoms with van der Waals surface area (Å²) in [5, 5.41) is 10.5. The molecule has 0 amide bonds. The fourth-order valence-electron chi connectivity index (χ4n) is 9.26. The zero-order valence-electron chi connectivity index (χ0n) is 24.7. The molecule has 0 heterocycles. The normalized spacial score (nSPS) is 41.1. The molecular weight excluding hydrogens is 443 g/mol. The Labute approximate surface area is 223 Å². The summed E-state index contributed by atoms with van der Waals surface area (Å²) in [5.74, 6) is 4.67. The first-order chi connectivity index (χ1) is 16.7. The molecule has 3 saturated carbocycles. The molecule has 4 heteroatoms. The van der Waals surface area contributed by atoms with Gasteiger partial charge in [0.15, 0.2) is 0 Å². The predicted octanol–water partition coefficient (Wildman–Crippen LogP) is 7.19. The zero-order chi connectivity index (χ0) is 26.5. The fourth-order valence-corrected chi connectivity index (χ4v) is 9.26. The number of hydrogen-bond acceptors (Lipinski definition) is 3. The third-order valence-corrected chi connectivity index (χ3v) is 11.0. The van der Waals surface area contributed by atoms with Crippen molar-refractivity contribution >= 4 is 13.3 Å². The molecule has 0 aromatic carbocycles. The Bertz CT molecular complexity index is 828. The topological polar surface area (TPSA) is 38.7 Å². The standard InChI is InChI=1S/C32H55BO3/c1-20(2)10-9-11-21(3)24-12-13-25-28-26(15-17-32(24,25)8)31(7)16-14-23(34)18-22(31)19-27(28)35-29(33)36-30(4,5)6/h19-21,23-28,33-34H,9-18H2,1-8H3. The predicted molar refractivity (Wildman–Crippen MR) is 152 cm³/mol. The Morgan fingerprint density at radius 2 is 1.78 bits per heavy atom. The molecule has 0 saturated heterocycles.